The van der Waals surface area contributed by atoms with Crippen molar-refractivity contribution in [1.29, 1.82) is 0 Å². The maximum atomic E-state index is 12.6. The Kier molecular flexibility index (Phi) is 4.82. The average Bonchev–Trinajstić information content (AvgIpc) is 3.26. The van der Waals surface area contributed by atoms with E-state index in [0.29, 0.717) is 13.1 Å². The first kappa shape index (κ1) is 16.2. The molecule has 0 bridgehead atoms. The fourth-order valence-electron chi connectivity index (χ4n) is 2.76. The zero-order valence-corrected chi connectivity index (χ0v) is 14.0. The maximum Gasteiger partial charge on any atom is 0.248 e. The quantitative estimate of drug-likeness (QED) is 0.860. The Labute approximate surface area is 140 Å². The summed E-state index contributed by atoms with van der Waals surface area (Å²) in [5, 5.41) is 14.7. The van der Waals surface area contributed by atoms with E-state index in [1.54, 1.807) is 23.2 Å². The number of carbonyl (C=O) groups excluding carboxylic acids is 2. The summed E-state index contributed by atoms with van der Waals surface area (Å²) in [6.45, 7) is 2.69. The van der Waals surface area contributed by atoms with E-state index in [2.05, 4.69) is 17.5 Å². The number of nitrogens with zero attached hydrogens (tertiary/aromatic N) is 1. The van der Waals surface area contributed by atoms with E-state index in [1.165, 1.54) is 10.5 Å². The molecule has 1 aromatic heterocycles. The second-order valence-corrected chi connectivity index (χ2v) is 7.19. The molecule has 124 valence electrons. The molecule has 23 heavy (non-hydrogen) atoms. The third-order valence-electron chi connectivity index (χ3n) is 4.35. The SMILES string of the molecule is CC(O)C(NC(=O)C1CC1)C(=O)N1CC=C(c2cccs2)CC1. The van der Waals surface area contributed by atoms with Gasteiger partial charge in [-0.05, 0) is 43.2 Å². The standard InChI is InChI=1S/C17H22N2O3S/c1-11(20)15(18-16(21)13-4-5-13)17(22)19-8-6-12(7-9-19)14-3-2-10-23-14/h2-3,6,10-11,13,15,20H,4-5,7-9H2,1H3,(H,18,21). The Morgan fingerprint density at radius 1 is 1.43 bits per heavy atom. The summed E-state index contributed by atoms with van der Waals surface area (Å²) in [6.07, 6.45) is 3.73. The van der Waals surface area contributed by atoms with E-state index in [0.717, 1.165) is 19.3 Å². The van der Waals surface area contributed by atoms with Crippen molar-refractivity contribution in [1.82, 2.24) is 10.2 Å². The molecular weight excluding hydrogens is 312 g/mol. The number of aliphatic hydroxyl groups excluding tert-OH is 1. The van der Waals surface area contributed by atoms with Gasteiger partial charge < -0.3 is 15.3 Å². The lowest BCUT2D eigenvalue weighted by molar-refractivity contribution is -0.139. The van der Waals surface area contributed by atoms with E-state index in [4.69, 9.17) is 0 Å². The Morgan fingerprint density at radius 2 is 2.22 bits per heavy atom. The molecule has 2 aliphatic rings. The van der Waals surface area contributed by atoms with Gasteiger partial charge in [-0.2, -0.15) is 0 Å². The van der Waals surface area contributed by atoms with Gasteiger partial charge in [0.25, 0.3) is 0 Å². The molecular formula is C17H22N2O3S. The third kappa shape index (κ3) is 3.82. The number of hydrogen-bond acceptors (Lipinski definition) is 4. The summed E-state index contributed by atoms with van der Waals surface area (Å²) >= 11 is 1.70. The third-order valence-corrected chi connectivity index (χ3v) is 5.30. The first-order valence-corrected chi connectivity index (χ1v) is 8.94. The lowest BCUT2D eigenvalue weighted by Gasteiger charge is -2.31. The highest BCUT2D eigenvalue weighted by atomic mass is 32.1. The molecule has 0 aromatic carbocycles. The molecule has 2 amide bonds. The number of aliphatic hydroxyl groups is 1. The fraction of sp³-hybridized carbons (Fsp3) is 0.529. The van der Waals surface area contributed by atoms with Gasteiger partial charge in [0.15, 0.2) is 0 Å². The maximum absolute atomic E-state index is 12.6. The van der Waals surface area contributed by atoms with Crippen LogP contribution in [0.2, 0.25) is 0 Å². The molecule has 1 aliphatic carbocycles. The van der Waals surface area contributed by atoms with Crippen molar-refractivity contribution in [2.75, 3.05) is 13.1 Å². The molecule has 0 saturated heterocycles. The Balaban J connectivity index is 1.63. The van der Waals surface area contributed by atoms with Crippen molar-refractivity contribution >= 4 is 28.7 Å². The lowest BCUT2D eigenvalue weighted by atomic mass is 10.0. The van der Waals surface area contributed by atoms with Gasteiger partial charge in [-0.3, -0.25) is 9.59 Å². The Morgan fingerprint density at radius 3 is 2.74 bits per heavy atom. The van der Waals surface area contributed by atoms with Crippen LogP contribution in [-0.4, -0.2) is 47.1 Å². The molecule has 0 spiro atoms. The largest absolute Gasteiger partial charge is 0.391 e. The van der Waals surface area contributed by atoms with E-state index in [9.17, 15) is 14.7 Å². The molecule has 2 heterocycles. The van der Waals surface area contributed by atoms with Gasteiger partial charge in [0.2, 0.25) is 11.8 Å². The summed E-state index contributed by atoms with van der Waals surface area (Å²) in [6, 6.07) is 3.26. The Bertz CT molecular complexity index is 605. The summed E-state index contributed by atoms with van der Waals surface area (Å²) in [5.41, 5.74) is 1.26. The molecule has 6 heteroatoms. The zero-order valence-electron chi connectivity index (χ0n) is 13.2. The van der Waals surface area contributed by atoms with Crippen LogP contribution in [0.25, 0.3) is 5.57 Å². The van der Waals surface area contributed by atoms with Crippen molar-refractivity contribution in [2.45, 2.75) is 38.3 Å². The number of hydrogen-bond donors (Lipinski definition) is 2. The predicted octanol–water partition coefficient (Wildman–Crippen LogP) is 1.64. The van der Waals surface area contributed by atoms with Crippen molar-refractivity contribution in [3.8, 4) is 0 Å². The molecule has 1 fully saturated rings. The summed E-state index contributed by atoms with van der Waals surface area (Å²) in [5.74, 6) is -0.290. The van der Waals surface area contributed by atoms with Gasteiger partial charge in [0.05, 0.1) is 6.10 Å². The van der Waals surface area contributed by atoms with E-state index < -0.39 is 12.1 Å². The van der Waals surface area contributed by atoms with Crippen molar-refractivity contribution < 1.29 is 14.7 Å². The van der Waals surface area contributed by atoms with E-state index in [-0.39, 0.29) is 17.7 Å². The first-order valence-electron chi connectivity index (χ1n) is 8.06. The van der Waals surface area contributed by atoms with Gasteiger partial charge in [-0.25, -0.2) is 0 Å². The van der Waals surface area contributed by atoms with Crippen LogP contribution >= 0.6 is 11.3 Å². The van der Waals surface area contributed by atoms with Crippen LogP contribution in [0.5, 0.6) is 0 Å². The van der Waals surface area contributed by atoms with Crippen molar-refractivity contribution in [3.05, 3.63) is 28.5 Å². The molecule has 2 unspecified atom stereocenters. The monoisotopic (exact) mass is 334 g/mol. The van der Waals surface area contributed by atoms with Crippen molar-refractivity contribution in [3.63, 3.8) is 0 Å². The molecule has 1 aliphatic heterocycles. The van der Waals surface area contributed by atoms with Crippen LogP contribution in [-0.2, 0) is 9.59 Å². The summed E-state index contributed by atoms with van der Waals surface area (Å²) in [4.78, 5) is 27.5. The van der Waals surface area contributed by atoms with Gasteiger partial charge in [-0.1, -0.05) is 12.1 Å². The molecule has 0 radical (unpaired) electrons. The Hall–Kier alpha value is -1.66. The highest BCUT2D eigenvalue weighted by Gasteiger charge is 2.36. The number of thiophene rings is 1. The number of amides is 2. The molecule has 2 N–H and O–H groups in total. The second kappa shape index (κ2) is 6.84. The van der Waals surface area contributed by atoms with Gasteiger partial charge >= 0.3 is 0 Å². The summed E-state index contributed by atoms with van der Waals surface area (Å²) < 4.78 is 0. The lowest BCUT2D eigenvalue weighted by Crippen LogP contribution is -2.54. The van der Waals surface area contributed by atoms with Gasteiger partial charge in [-0.15, -0.1) is 11.3 Å². The predicted molar refractivity (Wildman–Crippen MR) is 89.8 cm³/mol. The normalized spacial score (nSPS) is 20.6. The number of nitrogens with one attached hydrogen (secondary N) is 1. The second-order valence-electron chi connectivity index (χ2n) is 6.24. The molecule has 1 aromatic rings. The van der Waals surface area contributed by atoms with Crippen LogP contribution in [0.1, 0.15) is 31.1 Å². The van der Waals surface area contributed by atoms with Crippen LogP contribution in [0.15, 0.2) is 23.6 Å². The van der Waals surface area contributed by atoms with Crippen LogP contribution in [0, 0.1) is 5.92 Å². The highest BCUT2D eigenvalue weighted by Crippen LogP contribution is 2.29. The van der Waals surface area contributed by atoms with Gasteiger partial charge in [0.1, 0.15) is 6.04 Å². The number of rotatable bonds is 5. The minimum atomic E-state index is -0.895. The smallest absolute Gasteiger partial charge is 0.248 e. The van der Waals surface area contributed by atoms with Crippen LogP contribution in [0.3, 0.4) is 0 Å². The molecule has 5 nitrogen and oxygen atoms in total. The van der Waals surface area contributed by atoms with E-state index >= 15 is 0 Å². The highest BCUT2D eigenvalue weighted by molar-refractivity contribution is 7.11. The molecule has 1 saturated carbocycles. The zero-order chi connectivity index (χ0) is 16.4. The topological polar surface area (TPSA) is 69.6 Å². The molecule has 2 atom stereocenters. The minimum absolute atomic E-state index is 0.0238. The van der Waals surface area contributed by atoms with Gasteiger partial charge in [0, 0.05) is 23.9 Å². The summed E-state index contributed by atoms with van der Waals surface area (Å²) in [7, 11) is 0. The van der Waals surface area contributed by atoms with Crippen LogP contribution < -0.4 is 5.32 Å². The van der Waals surface area contributed by atoms with E-state index in [1.807, 2.05) is 11.4 Å². The minimum Gasteiger partial charge on any atom is -0.391 e. The first-order chi connectivity index (χ1) is 11.1. The van der Waals surface area contributed by atoms with Crippen LogP contribution in [0.4, 0.5) is 0 Å². The molecule has 3 rings (SSSR count). The van der Waals surface area contributed by atoms with Crippen molar-refractivity contribution in [2.24, 2.45) is 5.92 Å². The fourth-order valence-corrected chi connectivity index (χ4v) is 3.55. The number of carbonyl (C=O) groups is 2. The average molecular weight is 334 g/mol.